The number of halogens is 1. The third-order valence-electron chi connectivity index (χ3n) is 2.68. The largest absolute Gasteiger partial charge is 0.363 e. The predicted octanol–water partition coefficient (Wildman–Crippen LogP) is 1.99. The monoisotopic (exact) mass is 246 g/mol. The van der Waals surface area contributed by atoms with Crippen molar-refractivity contribution in [2.24, 2.45) is 5.73 Å². The van der Waals surface area contributed by atoms with E-state index in [2.05, 4.69) is 15.3 Å². The first-order valence-electron chi connectivity index (χ1n) is 5.69. The molecule has 4 nitrogen and oxygen atoms in total. The van der Waals surface area contributed by atoms with E-state index in [9.17, 15) is 4.39 Å². The van der Waals surface area contributed by atoms with Crippen molar-refractivity contribution in [3.63, 3.8) is 0 Å². The third kappa shape index (κ3) is 2.81. The molecule has 0 saturated carbocycles. The minimum atomic E-state index is -0.406. The topological polar surface area (TPSA) is 63.8 Å². The Kier molecular flexibility index (Phi) is 3.84. The highest BCUT2D eigenvalue weighted by atomic mass is 19.1. The van der Waals surface area contributed by atoms with E-state index in [-0.39, 0.29) is 5.82 Å². The number of nitrogens with one attached hydrogen (secondary N) is 1. The van der Waals surface area contributed by atoms with Crippen LogP contribution in [0, 0.1) is 12.7 Å². The van der Waals surface area contributed by atoms with Gasteiger partial charge in [0.05, 0.1) is 5.69 Å². The average molecular weight is 246 g/mol. The Morgan fingerprint density at radius 3 is 2.50 bits per heavy atom. The summed E-state index contributed by atoms with van der Waals surface area (Å²) < 4.78 is 13.6. The van der Waals surface area contributed by atoms with Crippen molar-refractivity contribution in [1.29, 1.82) is 0 Å². The first kappa shape index (κ1) is 12.4. The maximum atomic E-state index is 13.6. The predicted molar refractivity (Wildman–Crippen MR) is 68.4 cm³/mol. The van der Waals surface area contributed by atoms with Gasteiger partial charge in [0.2, 0.25) is 0 Å². The molecule has 94 valence electrons. The quantitative estimate of drug-likeness (QED) is 0.866. The third-order valence-corrected chi connectivity index (χ3v) is 2.68. The zero-order valence-corrected chi connectivity index (χ0v) is 10.2. The zero-order chi connectivity index (χ0) is 13.0. The highest BCUT2D eigenvalue weighted by molar-refractivity contribution is 5.38. The molecule has 0 aliphatic carbocycles. The summed E-state index contributed by atoms with van der Waals surface area (Å²) in [5, 5.41) is 2.95. The smallest absolute Gasteiger partial charge is 0.186 e. The molecule has 1 aromatic heterocycles. The molecule has 0 atom stereocenters. The fraction of sp³-hybridized carbons (Fsp3) is 0.231. The van der Waals surface area contributed by atoms with Crippen LogP contribution < -0.4 is 11.1 Å². The summed E-state index contributed by atoms with van der Waals surface area (Å²) >= 11 is 0. The van der Waals surface area contributed by atoms with Crippen molar-refractivity contribution < 1.29 is 4.39 Å². The fourth-order valence-electron chi connectivity index (χ4n) is 1.56. The molecule has 0 bridgehead atoms. The van der Waals surface area contributed by atoms with Crippen LogP contribution in [0.1, 0.15) is 16.8 Å². The van der Waals surface area contributed by atoms with E-state index >= 15 is 0 Å². The van der Waals surface area contributed by atoms with Gasteiger partial charge < -0.3 is 11.1 Å². The average Bonchev–Trinajstić information content (AvgIpc) is 2.41. The van der Waals surface area contributed by atoms with Crippen LogP contribution in [0.5, 0.6) is 0 Å². The van der Waals surface area contributed by atoms with Crippen LogP contribution in [0.15, 0.2) is 30.6 Å². The summed E-state index contributed by atoms with van der Waals surface area (Å²) in [6.07, 6.45) is 1.35. The van der Waals surface area contributed by atoms with Crippen molar-refractivity contribution in [1.82, 2.24) is 9.97 Å². The molecule has 0 fully saturated rings. The molecular weight excluding hydrogens is 231 g/mol. The molecule has 2 aromatic rings. The van der Waals surface area contributed by atoms with Gasteiger partial charge in [-0.25, -0.2) is 14.4 Å². The lowest BCUT2D eigenvalue weighted by Crippen LogP contribution is -2.06. The molecule has 0 aliphatic rings. The van der Waals surface area contributed by atoms with Gasteiger partial charge in [-0.1, -0.05) is 24.3 Å². The van der Waals surface area contributed by atoms with Crippen LogP contribution in [0.25, 0.3) is 0 Å². The summed E-state index contributed by atoms with van der Waals surface area (Å²) in [7, 11) is 0. The van der Waals surface area contributed by atoms with Crippen LogP contribution in [-0.4, -0.2) is 9.97 Å². The molecule has 1 heterocycles. The van der Waals surface area contributed by atoms with Gasteiger partial charge in [-0.05, 0) is 18.1 Å². The Labute approximate surface area is 105 Å². The molecule has 0 spiro atoms. The van der Waals surface area contributed by atoms with Crippen molar-refractivity contribution in [2.75, 3.05) is 5.32 Å². The van der Waals surface area contributed by atoms with Crippen LogP contribution in [0.4, 0.5) is 10.2 Å². The summed E-state index contributed by atoms with van der Waals surface area (Å²) in [5.74, 6) is -0.179. The first-order chi connectivity index (χ1) is 8.70. The summed E-state index contributed by atoms with van der Waals surface area (Å²) in [5.41, 5.74) is 7.97. The lowest BCUT2D eigenvalue weighted by Gasteiger charge is -2.07. The normalized spacial score (nSPS) is 10.4. The van der Waals surface area contributed by atoms with E-state index in [1.807, 2.05) is 24.3 Å². The summed E-state index contributed by atoms with van der Waals surface area (Å²) in [6, 6.07) is 7.83. The fourth-order valence-corrected chi connectivity index (χ4v) is 1.56. The van der Waals surface area contributed by atoms with Crippen molar-refractivity contribution >= 4 is 5.82 Å². The van der Waals surface area contributed by atoms with Crippen molar-refractivity contribution in [3.05, 3.63) is 53.2 Å². The number of nitrogens with two attached hydrogens (primary N) is 1. The molecule has 0 unspecified atom stereocenters. The minimum Gasteiger partial charge on any atom is -0.363 e. The van der Waals surface area contributed by atoms with E-state index in [0.717, 1.165) is 11.1 Å². The number of rotatable bonds is 4. The minimum absolute atomic E-state index is 0.227. The van der Waals surface area contributed by atoms with Crippen molar-refractivity contribution in [2.45, 2.75) is 20.0 Å². The molecule has 0 saturated heterocycles. The van der Waals surface area contributed by atoms with E-state index in [1.165, 1.54) is 6.33 Å². The van der Waals surface area contributed by atoms with Crippen LogP contribution >= 0.6 is 0 Å². The Morgan fingerprint density at radius 1 is 1.17 bits per heavy atom. The number of hydrogen-bond acceptors (Lipinski definition) is 4. The standard InChI is InChI=1S/C13H15FN4/c1-9-12(14)13(18-8-17-9)16-7-11-4-2-10(6-15)3-5-11/h2-5,8H,6-7,15H2,1H3,(H,16,17,18). The summed E-state index contributed by atoms with van der Waals surface area (Å²) in [6.45, 7) is 2.64. The summed E-state index contributed by atoms with van der Waals surface area (Å²) in [4.78, 5) is 7.65. The van der Waals surface area contributed by atoms with E-state index in [4.69, 9.17) is 5.73 Å². The van der Waals surface area contributed by atoms with Gasteiger partial charge >= 0.3 is 0 Å². The number of aromatic nitrogens is 2. The van der Waals surface area contributed by atoms with E-state index < -0.39 is 5.82 Å². The molecule has 0 radical (unpaired) electrons. The van der Waals surface area contributed by atoms with Gasteiger partial charge in [0.25, 0.3) is 0 Å². The van der Waals surface area contributed by atoms with Gasteiger partial charge in [0.1, 0.15) is 6.33 Å². The molecule has 0 aliphatic heterocycles. The lowest BCUT2D eigenvalue weighted by molar-refractivity contribution is 0.604. The maximum absolute atomic E-state index is 13.6. The second-order valence-corrected chi connectivity index (χ2v) is 4.00. The number of nitrogens with zero attached hydrogens (tertiary/aromatic N) is 2. The maximum Gasteiger partial charge on any atom is 0.186 e. The zero-order valence-electron chi connectivity index (χ0n) is 10.2. The van der Waals surface area contributed by atoms with Crippen LogP contribution in [0.3, 0.4) is 0 Å². The van der Waals surface area contributed by atoms with Crippen molar-refractivity contribution in [3.8, 4) is 0 Å². The van der Waals surface area contributed by atoms with E-state index in [1.54, 1.807) is 6.92 Å². The van der Waals surface area contributed by atoms with Gasteiger partial charge in [0.15, 0.2) is 11.6 Å². The van der Waals surface area contributed by atoms with E-state index in [0.29, 0.717) is 18.8 Å². The Hall–Kier alpha value is -2.01. The SMILES string of the molecule is Cc1ncnc(NCc2ccc(CN)cc2)c1F. The molecular formula is C13H15FN4. The highest BCUT2D eigenvalue weighted by Gasteiger charge is 2.06. The lowest BCUT2D eigenvalue weighted by atomic mass is 10.1. The number of hydrogen-bond donors (Lipinski definition) is 2. The Bertz CT molecular complexity index is 525. The highest BCUT2D eigenvalue weighted by Crippen LogP contribution is 2.13. The molecule has 5 heteroatoms. The van der Waals surface area contributed by atoms with Gasteiger partial charge in [-0.3, -0.25) is 0 Å². The second-order valence-electron chi connectivity index (χ2n) is 4.00. The Balaban J connectivity index is 2.04. The van der Waals surface area contributed by atoms with Crippen LogP contribution in [-0.2, 0) is 13.1 Å². The number of anilines is 1. The van der Waals surface area contributed by atoms with Crippen LogP contribution in [0.2, 0.25) is 0 Å². The van der Waals surface area contributed by atoms with Gasteiger partial charge in [0, 0.05) is 13.1 Å². The second kappa shape index (κ2) is 5.55. The number of aryl methyl sites for hydroxylation is 1. The molecule has 3 N–H and O–H groups in total. The molecule has 2 rings (SSSR count). The Morgan fingerprint density at radius 2 is 1.83 bits per heavy atom. The first-order valence-corrected chi connectivity index (χ1v) is 5.69. The van der Waals surface area contributed by atoms with Gasteiger partial charge in [-0.15, -0.1) is 0 Å². The van der Waals surface area contributed by atoms with Gasteiger partial charge in [-0.2, -0.15) is 0 Å². The molecule has 1 aromatic carbocycles. The molecule has 0 amide bonds. The number of benzene rings is 1. The molecule has 18 heavy (non-hydrogen) atoms.